The van der Waals surface area contributed by atoms with E-state index in [1.54, 1.807) is 0 Å². The Balaban J connectivity index is 2.29. The predicted molar refractivity (Wildman–Crippen MR) is 90.0 cm³/mol. The standard InChI is InChI=1S/C19H18F3NO3/c1-11-6-5-7-12(2)14(11)10-16(18(25)26)23-17(24)13-8-3-4-9-15(13)19(20,21)22/h3-9,16H,10H2,1-2H3,(H,23,24)(H,25,26)/t16-/m0/s1. The van der Waals surface area contributed by atoms with Gasteiger partial charge in [0.1, 0.15) is 6.04 Å². The van der Waals surface area contributed by atoms with E-state index < -0.39 is 35.2 Å². The summed E-state index contributed by atoms with van der Waals surface area (Å²) in [5.41, 5.74) is 0.730. The van der Waals surface area contributed by atoms with Gasteiger partial charge in [0.15, 0.2) is 0 Å². The van der Waals surface area contributed by atoms with Crippen LogP contribution >= 0.6 is 0 Å². The summed E-state index contributed by atoms with van der Waals surface area (Å²) in [4.78, 5) is 23.9. The van der Waals surface area contributed by atoms with E-state index in [2.05, 4.69) is 5.32 Å². The van der Waals surface area contributed by atoms with Gasteiger partial charge in [-0.15, -0.1) is 0 Å². The van der Waals surface area contributed by atoms with E-state index >= 15 is 0 Å². The van der Waals surface area contributed by atoms with Crippen LogP contribution in [0.3, 0.4) is 0 Å². The highest BCUT2D eigenvalue weighted by atomic mass is 19.4. The molecule has 4 nitrogen and oxygen atoms in total. The van der Waals surface area contributed by atoms with E-state index in [1.165, 1.54) is 12.1 Å². The van der Waals surface area contributed by atoms with Gasteiger partial charge < -0.3 is 10.4 Å². The Kier molecular flexibility index (Phi) is 5.69. The zero-order valence-corrected chi connectivity index (χ0v) is 14.2. The number of carbonyl (C=O) groups is 2. The van der Waals surface area contributed by atoms with Crippen molar-refractivity contribution in [3.8, 4) is 0 Å². The van der Waals surface area contributed by atoms with Gasteiger partial charge in [-0.2, -0.15) is 13.2 Å². The number of carbonyl (C=O) groups excluding carboxylic acids is 1. The maximum atomic E-state index is 13.1. The van der Waals surface area contributed by atoms with Gasteiger partial charge in [0.2, 0.25) is 0 Å². The van der Waals surface area contributed by atoms with Crippen molar-refractivity contribution in [1.82, 2.24) is 5.32 Å². The molecule has 7 heteroatoms. The molecular weight excluding hydrogens is 347 g/mol. The summed E-state index contributed by atoms with van der Waals surface area (Å²) >= 11 is 0. The van der Waals surface area contributed by atoms with Gasteiger partial charge in [-0.1, -0.05) is 30.3 Å². The molecule has 0 bridgehead atoms. The smallest absolute Gasteiger partial charge is 0.417 e. The first-order chi connectivity index (χ1) is 12.1. The van der Waals surface area contributed by atoms with Crippen LogP contribution in [0, 0.1) is 13.8 Å². The fraction of sp³-hybridized carbons (Fsp3) is 0.263. The van der Waals surface area contributed by atoms with Crippen molar-refractivity contribution in [1.29, 1.82) is 0 Å². The highest BCUT2D eigenvalue weighted by Gasteiger charge is 2.35. The van der Waals surface area contributed by atoms with Crippen LogP contribution in [0.4, 0.5) is 13.2 Å². The first-order valence-electron chi connectivity index (χ1n) is 7.86. The third-order valence-corrected chi connectivity index (χ3v) is 4.13. The van der Waals surface area contributed by atoms with Gasteiger partial charge in [-0.3, -0.25) is 4.79 Å². The molecule has 1 atom stereocenters. The molecule has 0 aliphatic heterocycles. The van der Waals surface area contributed by atoms with Gasteiger partial charge in [-0.25, -0.2) is 4.79 Å². The van der Waals surface area contributed by atoms with E-state index in [4.69, 9.17) is 0 Å². The molecule has 2 aromatic rings. The molecule has 0 radical (unpaired) electrons. The first-order valence-corrected chi connectivity index (χ1v) is 7.86. The summed E-state index contributed by atoms with van der Waals surface area (Å²) in [7, 11) is 0. The lowest BCUT2D eigenvalue weighted by atomic mass is 9.96. The molecule has 0 heterocycles. The lowest BCUT2D eigenvalue weighted by Crippen LogP contribution is -2.43. The number of nitrogens with one attached hydrogen (secondary N) is 1. The van der Waals surface area contributed by atoms with E-state index in [0.29, 0.717) is 0 Å². The Labute approximate surface area is 148 Å². The van der Waals surface area contributed by atoms with Crippen molar-refractivity contribution < 1.29 is 27.9 Å². The van der Waals surface area contributed by atoms with Crippen molar-refractivity contribution in [2.75, 3.05) is 0 Å². The zero-order valence-electron chi connectivity index (χ0n) is 14.2. The second kappa shape index (κ2) is 7.59. The fourth-order valence-electron chi connectivity index (χ4n) is 2.74. The van der Waals surface area contributed by atoms with Crippen molar-refractivity contribution in [2.45, 2.75) is 32.5 Å². The molecule has 0 fully saturated rings. The second-order valence-corrected chi connectivity index (χ2v) is 5.98. The second-order valence-electron chi connectivity index (χ2n) is 5.98. The summed E-state index contributed by atoms with van der Waals surface area (Å²) in [6.07, 6.45) is -4.73. The average Bonchev–Trinajstić information content (AvgIpc) is 2.56. The summed E-state index contributed by atoms with van der Waals surface area (Å²) in [6.45, 7) is 3.62. The van der Waals surface area contributed by atoms with Crippen LogP contribution in [-0.2, 0) is 17.4 Å². The molecule has 0 unspecified atom stereocenters. The molecule has 0 saturated heterocycles. The SMILES string of the molecule is Cc1cccc(C)c1C[C@H](NC(=O)c1ccccc1C(F)(F)F)C(=O)O. The lowest BCUT2D eigenvalue weighted by Gasteiger charge is -2.19. The Morgan fingerprint density at radius 3 is 2.15 bits per heavy atom. The molecule has 0 saturated carbocycles. The van der Waals surface area contributed by atoms with Crippen molar-refractivity contribution >= 4 is 11.9 Å². The Hall–Kier alpha value is -2.83. The molecule has 2 N–H and O–H groups in total. The van der Waals surface area contributed by atoms with Crippen LogP contribution in [0.15, 0.2) is 42.5 Å². The molecule has 138 valence electrons. The monoisotopic (exact) mass is 365 g/mol. The molecule has 0 spiro atoms. The number of aliphatic carboxylic acids is 1. The summed E-state index contributed by atoms with van der Waals surface area (Å²) in [5, 5.41) is 11.6. The van der Waals surface area contributed by atoms with E-state index in [9.17, 15) is 27.9 Å². The Bertz CT molecular complexity index is 811. The fourth-order valence-corrected chi connectivity index (χ4v) is 2.74. The van der Waals surface area contributed by atoms with E-state index in [0.717, 1.165) is 28.8 Å². The number of benzene rings is 2. The van der Waals surface area contributed by atoms with Crippen molar-refractivity contribution in [3.63, 3.8) is 0 Å². The largest absolute Gasteiger partial charge is 0.480 e. The molecule has 2 aromatic carbocycles. The third kappa shape index (κ3) is 4.41. The van der Waals surface area contributed by atoms with Gasteiger partial charge in [0, 0.05) is 6.42 Å². The first kappa shape index (κ1) is 19.5. The number of hydrogen-bond acceptors (Lipinski definition) is 2. The van der Waals surface area contributed by atoms with Crippen LogP contribution in [0.1, 0.15) is 32.6 Å². The van der Waals surface area contributed by atoms with Gasteiger partial charge in [0.25, 0.3) is 5.91 Å². The number of alkyl halides is 3. The highest BCUT2D eigenvalue weighted by molar-refractivity contribution is 5.98. The van der Waals surface area contributed by atoms with Crippen molar-refractivity contribution in [2.24, 2.45) is 0 Å². The highest BCUT2D eigenvalue weighted by Crippen LogP contribution is 2.31. The third-order valence-electron chi connectivity index (χ3n) is 4.13. The predicted octanol–water partition coefficient (Wildman–Crippen LogP) is 3.75. The number of amides is 1. The number of carboxylic acids is 1. The molecule has 26 heavy (non-hydrogen) atoms. The Morgan fingerprint density at radius 1 is 1.04 bits per heavy atom. The number of rotatable bonds is 5. The number of hydrogen-bond donors (Lipinski definition) is 2. The molecule has 2 rings (SSSR count). The topological polar surface area (TPSA) is 66.4 Å². The summed E-state index contributed by atoms with van der Waals surface area (Å²) in [5.74, 6) is -2.39. The van der Waals surface area contributed by atoms with Crippen LogP contribution in [0.5, 0.6) is 0 Å². The van der Waals surface area contributed by atoms with E-state index in [1.807, 2.05) is 32.0 Å². The average molecular weight is 365 g/mol. The van der Waals surface area contributed by atoms with E-state index in [-0.39, 0.29) is 6.42 Å². The summed E-state index contributed by atoms with van der Waals surface area (Å²) in [6, 6.07) is 8.37. The zero-order chi connectivity index (χ0) is 19.5. The maximum absolute atomic E-state index is 13.1. The molecular formula is C19H18F3NO3. The minimum atomic E-state index is -4.71. The van der Waals surface area contributed by atoms with Crippen LogP contribution < -0.4 is 5.32 Å². The maximum Gasteiger partial charge on any atom is 0.417 e. The van der Waals surface area contributed by atoms with Crippen LogP contribution in [-0.4, -0.2) is 23.0 Å². The molecule has 0 aromatic heterocycles. The molecule has 1 amide bonds. The minimum Gasteiger partial charge on any atom is -0.480 e. The molecule has 0 aliphatic carbocycles. The number of carboxylic acid groups (broad SMARTS) is 1. The Morgan fingerprint density at radius 2 is 1.62 bits per heavy atom. The van der Waals surface area contributed by atoms with Gasteiger partial charge in [-0.05, 0) is 42.7 Å². The lowest BCUT2D eigenvalue weighted by molar-refractivity contribution is -0.139. The van der Waals surface area contributed by atoms with Gasteiger partial charge in [0.05, 0.1) is 11.1 Å². The van der Waals surface area contributed by atoms with Gasteiger partial charge >= 0.3 is 12.1 Å². The summed E-state index contributed by atoms with van der Waals surface area (Å²) < 4.78 is 39.2. The van der Waals surface area contributed by atoms with Crippen LogP contribution in [0.2, 0.25) is 0 Å². The minimum absolute atomic E-state index is 0.0201. The number of aryl methyl sites for hydroxylation is 2. The molecule has 0 aliphatic rings. The quantitative estimate of drug-likeness (QED) is 0.848. The van der Waals surface area contributed by atoms with Crippen molar-refractivity contribution in [3.05, 3.63) is 70.3 Å². The number of halogens is 3. The van der Waals surface area contributed by atoms with Crippen LogP contribution in [0.25, 0.3) is 0 Å². The normalized spacial score (nSPS) is 12.5.